The zero-order valence-electron chi connectivity index (χ0n) is 5.64. The summed E-state index contributed by atoms with van der Waals surface area (Å²) in [4.78, 5) is 12.5. The first kappa shape index (κ1) is 9.18. The molecule has 0 atom stereocenters. The minimum Gasteiger partial charge on any atom is -0.346 e. The van der Waals surface area contributed by atoms with E-state index in [0.29, 0.717) is 6.07 Å². The monoisotopic (exact) mass is 195 g/mol. The van der Waals surface area contributed by atoms with Gasteiger partial charge in [0.2, 0.25) is 0 Å². The van der Waals surface area contributed by atoms with E-state index in [1.165, 1.54) is 0 Å². The number of aromatic amines is 1. The van der Waals surface area contributed by atoms with Crippen molar-refractivity contribution in [2.45, 2.75) is 11.2 Å². The number of aromatic nitrogens is 1. The van der Waals surface area contributed by atoms with Crippen LogP contribution in [0.5, 0.6) is 0 Å². The van der Waals surface area contributed by atoms with Crippen LogP contribution in [0.2, 0.25) is 0 Å². The Bertz CT molecular complexity index is 343. The Morgan fingerprint density at radius 1 is 1.33 bits per heavy atom. The number of rotatable bonds is 0. The molecule has 0 unspecified atom stereocenters. The van der Waals surface area contributed by atoms with Crippen molar-refractivity contribution in [3.05, 3.63) is 28.0 Å². The molecule has 66 valence electrons. The molecule has 0 bridgehead atoms. The van der Waals surface area contributed by atoms with Gasteiger partial charge in [-0.15, -0.1) is 12.6 Å². The van der Waals surface area contributed by atoms with Gasteiger partial charge in [-0.2, -0.15) is 13.2 Å². The average Bonchev–Trinajstić information content (AvgIpc) is 1.82. The van der Waals surface area contributed by atoms with E-state index in [2.05, 4.69) is 12.6 Å². The Kier molecular flexibility index (Phi) is 2.18. The summed E-state index contributed by atoms with van der Waals surface area (Å²) in [5, 5.41) is -0.102. The lowest BCUT2D eigenvalue weighted by Gasteiger charge is -2.05. The Morgan fingerprint density at radius 2 is 1.92 bits per heavy atom. The highest BCUT2D eigenvalue weighted by molar-refractivity contribution is 7.80. The highest BCUT2D eigenvalue weighted by atomic mass is 32.1. The Labute approximate surface area is 70.8 Å². The maximum absolute atomic E-state index is 11.9. The van der Waals surface area contributed by atoms with Crippen LogP contribution in [0.1, 0.15) is 5.69 Å². The molecule has 0 aromatic carbocycles. The smallest absolute Gasteiger partial charge is 0.346 e. The Morgan fingerprint density at radius 3 is 2.33 bits per heavy atom. The molecule has 0 amide bonds. The summed E-state index contributed by atoms with van der Waals surface area (Å²) >= 11 is 3.60. The van der Waals surface area contributed by atoms with E-state index in [1.807, 2.05) is 4.98 Å². The summed E-state index contributed by atoms with van der Waals surface area (Å²) in [6.45, 7) is 0. The maximum atomic E-state index is 11.9. The molecule has 0 aliphatic heterocycles. The topological polar surface area (TPSA) is 32.9 Å². The van der Waals surface area contributed by atoms with Gasteiger partial charge in [0.05, 0.1) is 5.03 Å². The third-order valence-corrected chi connectivity index (χ3v) is 1.37. The van der Waals surface area contributed by atoms with Crippen LogP contribution in [-0.2, 0) is 6.18 Å². The lowest BCUT2D eigenvalue weighted by atomic mass is 10.3. The largest absolute Gasteiger partial charge is 0.431 e. The van der Waals surface area contributed by atoms with Gasteiger partial charge in [-0.1, -0.05) is 0 Å². The minimum absolute atomic E-state index is 0.102. The van der Waals surface area contributed by atoms with Crippen LogP contribution in [-0.4, -0.2) is 4.98 Å². The Balaban J connectivity index is 3.27. The second kappa shape index (κ2) is 2.85. The molecule has 2 nitrogen and oxygen atoms in total. The third kappa shape index (κ3) is 2.04. The van der Waals surface area contributed by atoms with E-state index >= 15 is 0 Å². The molecule has 0 radical (unpaired) electrons. The number of halogens is 3. The van der Waals surface area contributed by atoms with E-state index in [0.717, 1.165) is 6.07 Å². The summed E-state index contributed by atoms with van der Waals surface area (Å²) in [5.41, 5.74) is -1.80. The van der Waals surface area contributed by atoms with Gasteiger partial charge < -0.3 is 4.98 Å². The molecule has 6 heteroatoms. The quantitative estimate of drug-likeness (QED) is 0.606. The zero-order valence-corrected chi connectivity index (χ0v) is 6.54. The van der Waals surface area contributed by atoms with E-state index < -0.39 is 17.3 Å². The maximum Gasteiger partial charge on any atom is 0.431 e. The van der Waals surface area contributed by atoms with Crippen LogP contribution in [0.15, 0.2) is 22.0 Å². The van der Waals surface area contributed by atoms with Crippen molar-refractivity contribution in [1.82, 2.24) is 4.98 Å². The SMILES string of the molecule is O=c1cc(S)[nH]c(C(F)(F)F)c1. The van der Waals surface area contributed by atoms with Crippen molar-refractivity contribution in [3.8, 4) is 0 Å². The van der Waals surface area contributed by atoms with Gasteiger partial charge in [0.15, 0.2) is 5.43 Å². The van der Waals surface area contributed by atoms with Gasteiger partial charge in [0.25, 0.3) is 0 Å². The number of H-pyrrole nitrogens is 1. The van der Waals surface area contributed by atoms with Crippen LogP contribution in [0, 0.1) is 0 Å². The molecule has 1 aromatic heterocycles. The van der Waals surface area contributed by atoms with E-state index in [4.69, 9.17) is 0 Å². The molecular weight excluding hydrogens is 191 g/mol. The molecule has 1 N–H and O–H groups in total. The van der Waals surface area contributed by atoms with Crippen LogP contribution in [0.4, 0.5) is 13.2 Å². The standard InChI is InChI=1S/C6H4F3NOS/c7-6(8,9)4-1-3(11)2-5(12)10-4/h1-2H,(H2,10,11,12). The van der Waals surface area contributed by atoms with Gasteiger partial charge in [0, 0.05) is 12.1 Å². The summed E-state index contributed by atoms with van der Waals surface area (Å²) in [6, 6.07) is 1.46. The predicted octanol–water partition coefficient (Wildman–Crippen LogP) is 1.68. The number of alkyl halides is 3. The molecule has 0 aliphatic carbocycles. The van der Waals surface area contributed by atoms with E-state index in [9.17, 15) is 18.0 Å². The summed E-state index contributed by atoms with van der Waals surface area (Å²) < 4.78 is 35.8. The number of thiol groups is 1. The zero-order chi connectivity index (χ0) is 9.35. The second-order valence-electron chi connectivity index (χ2n) is 2.11. The number of hydrogen-bond donors (Lipinski definition) is 2. The van der Waals surface area contributed by atoms with Crippen LogP contribution < -0.4 is 5.43 Å². The van der Waals surface area contributed by atoms with Crippen molar-refractivity contribution in [2.24, 2.45) is 0 Å². The van der Waals surface area contributed by atoms with Gasteiger partial charge in [0.1, 0.15) is 5.69 Å². The number of hydrogen-bond acceptors (Lipinski definition) is 2. The highest BCUT2D eigenvalue weighted by Crippen LogP contribution is 2.26. The van der Waals surface area contributed by atoms with Gasteiger partial charge in [-0.3, -0.25) is 4.79 Å². The van der Waals surface area contributed by atoms with Gasteiger partial charge >= 0.3 is 6.18 Å². The first-order valence-electron chi connectivity index (χ1n) is 2.90. The third-order valence-electron chi connectivity index (χ3n) is 1.13. The fourth-order valence-electron chi connectivity index (χ4n) is 0.682. The van der Waals surface area contributed by atoms with Crippen molar-refractivity contribution in [3.63, 3.8) is 0 Å². The summed E-state index contributed by atoms with van der Waals surface area (Å²) in [7, 11) is 0. The lowest BCUT2D eigenvalue weighted by molar-refractivity contribution is -0.141. The highest BCUT2D eigenvalue weighted by Gasteiger charge is 2.31. The van der Waals surface area contributed by atoms with Crippen molar-refractivity contribution >= 4 is 12.6 Å². The Hall–Kier alpha value is -0.910. The van der Waals surface area contributed by atoms with Crippen LogP contribution >= 0.6 is 12.6 Å². The van der Waals surface area contributed by atoms with Crippen molar-refractivity contribution in [2.75, 3.05) is 0 Å². The fraction of sp³-hybridized carbons (Fsp3) is 0.167. The van der Waals surface area contributed by atoms with Gasteiger partial charge in [-0.05, 0) is 0 Å². The normalized spacial score (nSPS) is 11.7. The molecule has 12 heavy (non-hydrogen) atoms. The van der Waals surface area contributed by atoms with Crippen LogP contribution in [0.25, 0.3) is 0 Å². The molecule has 0 spiro atoms. The summed E-state index contributed by atoms with van der Waals surface area (Å²) in [6.07, 6.45) is -4.53. The van der Waals surface area contributed by atoms with E-state index in [1.54, 1.807) is 0 Å². The van der Waals surface area contributed by atoms with Crippen molar-refractivity contribution < 1.29 is 13.2 Å². The lowest BCUT2D eigenvalue weighted by Crippen LogP contribution is -2.12. The molecule has 1 rings (SSSR count). The first-order valence-corrected chi connectivity index (χ1v) is 3.35. The number of pyridine rings is 1. The first-order chi connectivity index (χ1) is 5.39. The van der Waals surface area contributed by atoms with Gasteiger partial charge in [-0.25, -0.2) is 0 Å². The van der Waals surface area contributed by atoms with Crippen molar-refractivity contribution in [1.29, 1.82) is 0 Å². The molecule has 0 saturated heterocycles. The fourth-order valence-corrected chi connectivity index (χ4v) is 0.929. The van der Waals surface area contributed by atoms with Crippen LogP contribution in [0.3, 0.4) is 0 Å². The average molecular weight is 195 g/mol. The number of nitrogens with one attached hydrogen (secondary N) is 1. The predicted molar refractivity (Wildman–Crippen MR) is 39.3 cm³/mol. The van der Waals surface area contributed by atoms with E-state index in [-0.39, 0.29) is 5.03 Å². The molecule has 1 heterocycles. The molecule has 0 fully saturated rings. The summed E-state index contributed by atoms with van der Waals surface area (Å²) in [5.74, 6) is 0. The molecule has 0 saturated carbocycles. The minimum atomic E-state index is -4.53. The molecule has 0 aliphatic rings. The molecule has 1 aromatic rings. The second-order valence-corrected chi connectivity index (χ2v) is 2.59. The molecular formula is C6H4F3NOS.